The Hall–Kier alpha value is -1.95. The molecule has 0 aromatic heterocycles. The summed E-state index contributed by atoms with van der Waals surface area (Å²) in [5, 5.41) is 12.2. The molecular weight excluding hydrogens is 389 g/mol. The van der Waals surface area contributed by atoms with Crippen LogP contribution in [0.5, 0.6) is 5.75 Å². The van der Waals surface area contributed by atoms with Crippen LogP contribution in [0, 0.1) is 0 Å². The number of benzene rings is 2. The van der Waals surface area contributed by atoms with Crippen molar-refractivity contribution in [3.63, 3.8) is 0 Å². The molecular formula is C17H14Cl3NO4. The average molecular weight is 403 g/mol. The zero-order valence-electron chi connectivity index (χ0n) is 13.1. The SMILES string of the molecule is COc1ccc(CC(NC(=O)c2c(Cl)cc(Cl)cc2Cl)C(=O)O)cc1. The molecule has 0 fully saturated rings. The van der Waals surface area contributed by atoms with E-state index >= 15 is 0 Å². The van der Waals surface area contributed by atoms with Crippen LogP contribution >= 0.6 is 34.8 Å². The monoisotopic (exact) mass is 401 g/mol. The van der Waals surface area contributed by atoms with Gasteiger partial charge in [-0.05, 0) is 29.8 Å². The highest BCUT2D eigenvalue weighted by Crippen LogP contribution is 2.29. The zero-order chi connectivity index (χ0) is 18.6. The van der Waals surface area contributed by atoms with Crippen molar-refractivity contribution in [2.45, 2.75) is 12.5 Å². The number of rotatable bonds is 6. The minimum Gasteiger partial charge on any atom is -0.497 e. The summed E-state index contributed by atoms with van der Waals surface area (Å²) < 4.78 is 5.05. The Morgan fingerprint density at radius 2 is 1.68 bits per heavy atom. The molecule has 2 aromatic rings. The number of nitrogens with one attached hydrogen (secondary N) is 1. The molecule has 25 heavy (non-hydrogen) atoms. The van der Waals surface area contributed by atoms with Gasteiger partial charge in [-0.25, -0.2) is 4.79 Å². The fourth-order valence-corrected chi connectivity index (χ4v) is 3.18. The minimum atomic E-state index is -1.18. The molecule has 8 heteroatoms. The van der Waals surface area contributed by atoms with Crippen LogP contribution in [-0.4, -0.2) is 30.1 Å². The van der Waals surface area contributed by atoms with Gasteiger partial charge < -0.3 is 15.2 Å². The first kappa shape index (κ1) is 19.4. The molecule has 0 spiro atoms. The van der Waals surface area contributed by atoms with Gasteiger partial charge in [0.1, 0.15) is 11.8 Å². The molecule has 0 aliphatic heterocycles. The van der Waals surface area contributed by atoms with Crippen LogP contribution in [0.1, 0.15) is 15.9 Å². The molecule has 1 unspecified atom stereocenters. The van der Waals surface area contributed by atoms with Gasteiger partial charge in [0.15, 0.2) is 0 Å². The summed E-state index contributed by atoms with van der Waals surface area (Å²) in [5.41, 5.74) is 0.704. The fraction of sp³-hybridized carbons (Fsp3) is 0.176. The van der Waals surface area contributed by atoms with Crippen molar-refractivity contribution >= 4 is 46.7 Å². The molecule has 2 aromatic carbocycles. The third-order valence-electron chi connectivity index (χ3n) is 3.44. The number of carbonyl (C=O) groups is 2. The van der Waals surface area contributed by atoms with Crippen molar-refractivity contribution in [3.8, 4) is 5.75 Å². The number of carbonyl (C=O) groups excluding carboxylic acids is 1. The largest absolute Gasteiger partial charge is 0.497 e. The molecule has 0 aliphatic carbocycles. The molecule has 132 valence electrons. The molecule has 2 N–H and O–H groups in total. The van der Waals surface area contributed by atoms with Gasteiger partial charge in [-0.15, -0.1) is 0 Å². The minimum absolute atomic E-state index is 0.0197. The van der Waals surface area contributed by atoms with Gasteiger partial charge in [0.05, 0.1) is 22.7 Å². The zero-order valence-corrected chi connectivity index (χ0v) is 15.3. The molecule has 0 saturated carbocycles. The van der Waals surface area contributed by atoms with Crippen LogP contribution in [0.3, 0.4) is 0 Å². The standard InChI is InChI=1S/C17H14Cl3NO4/c1-25-11-4-2-9(3-5-11)6-14(17(23)24)21-16(22)15-12(19)7-10(18)8-13(15)20/h2-5,7-8,14H,6H2,1H3,(H,21,22)(H,23,24). The first-order valence-corrected chi connectivity index (χ1v) is 8.26. The number of hydrogen-bond acceptors (Lipinski definition) is 3. The molecule has 1 atom stereocenters. The van der Waals surface area contributed by atoms with Gasteiger partial charge in [0, 0.05) is 11.4 Å². The van der Waals surface area contributed by atoms with E-state index in [0.29, 0.717) is 5.75 Å². The van der Waals surface area contributed by atoms with E-state index in [1.165, 1.54) is 19.2 Å². The van der Waals surface area contributed by atoms with Crippen molar-refractivity contribution in [1.82, 2.24) is 5.32 Å². The number of ether oxygens (including phenoxy) is 1. The normalized spacial score (nSPS) is 11.7. The predicted molar refractivity (Wildman–Crippen MR) is 97.1 cm³/mol. The van der Waals surface area contributed by atoms with Gasteiger partial charge >= 0.3 is 5.97 Å². The summed E-state index contributed by atoms with van der Waals surface area (Å²) in [5.74, 6) is -1.21. The summed E-state index contributed by atoms with van der Waals surface area (Å²) in [6.45, 7) is 0. The van der Waals surface area contributed by atoms with E-state index in [0.717, 1.165) is 5.56 Å². The van der Waals surface area contributed by atoms with Gasteiger partial charge in [-0.3, -0.25) is 4.79 Å². The van der Waals surface area contributed by atoms with Gasteiger partial charge in [-0.1, -0.05) is 46.9 Å². The van der Waals surface area contributed by atoms with Crippen LogP contribution in [0.15, 0.2) is 36.4 Å². The Kier molecular flexibility index (Phi) is 6.53. The lowest BCUT2D eigenvalue weighted by Gasteiger charge is -2.16. The average Bonchev–Trinajstić information content (AvgIpc) is 2.53. The number of aliphatic carboxylic acids is 1. The maximum Gasteiger partial charge on any atom is 0.326 e. The highest BCUT2D eigenvalue weighted by molar-refractivity contribution is 6.42. The van der Waals surface area contributed by atoms with Crippen LogP contribution in [0.2, 0.25) is 15.1 Å². The van der Waals surface area contributed by atoms with Crippen molar-refractivity contribution in [2.75, 3.05) is 7.11 Å². The van der Waals surface area contributed by atoms with Crippen molar-refractivity contribution < 1.29 is 19.4 Å². The van der Waals surface area contributed by atoms with E-state index in [4.69, 9.17) is 39.5 Å². The predicted octanol–water partition coefficient (Wildman–Crippen LogP) is 4.08. The summed E-state index contributed by atoms with van der Waals surface area (Å²) in [6.07, 6.45) is 0.0912. The molecule has 0 bridgehead atoms. The summed E-state index contributed by atoms with van der Waals surface area (Å²) >= 11 is 17.8. The third kappa shape index (κ3) is 5.01. The van der Waals surface area contributed by atoms with E-state index in [2.05, 4.69) is 5.32 Å². The molecule has 2 rings (SSSR count). The first-order valence-electron chi connectivity index (χ1n) is 7.13. The van der Waals surface area contributed by atoms with Crippen LogP contribution in [0.4, 0.5) is 0 Å². The Bertz CT molecular complexity index is 770. The number of halogens is 3. The van der Waals surface area contributed by atoms with E-state index in [-0.39, 0.29) is 27.1 Å². The molecule has 0 heterocycles. The van der Waals surface area contributed by atoms with E-state index in [9.17, 15) is 14.7 Å². The quantitative estimate of drug-likeness (QED) is 0.763. The number of methoxy groups -OCH3 is 1. The smallest absolute Gasteiger partial charge is 0.326 e. The van der Waals surface area contributed by atoms with Crippen LogP contribution in [-0.2, 0) is 11.2 Å². The van der Waals surface area contributed by atoms with E-state index in [1.807, 2.05) is 0 Å². The van der Waals surface area contributed by atoms with Gasteiger partial charge in [-0.2, -0.15) is 0 Å². The fourth-order valence-electron chi connectivity index (χ4n) is 2.19. The lowest BCUT2D eigenvalue weighted by molar-refractivity contribution is -0.139. The van der Waals surface area contributed by atoms with Crippen LogP contribution in [0.25, 0.3) is 0 Å². The summed E-state index contributed by atoms with van der Waals surface area (Å²) in [4.78, 5) is 23.9. The Morgan fingerprint density at radius 3 is 2.16 bits per heavy atom. The molecule has 1 amide bonds. The number of hydrogen-bond donors (Lipinski definition) is 2. The third-order valence-corrected chi connectivity index (χ3v) is 4.25. The molecule has 0 saturated heterocycles. The molecule has 5 nitrogen and oxygen atoms in total. The number of amides is 1. The Labute approximate surface area is 159 Å². The molecule has 0 radical (unpaired) electrons. The maximum atomic E-state index is 12.4. The second-order valence-electron chi connectivity index (χ2n) is 5.16. The highest BCUT2D eigenvalue weighted by Gasteiger charge is 2.24. The van der Waals surface area contributed by atoms with Gasteiger partial charge in [0.2, 0.25) is 0 Å². The Balaban J connectivity index is 2.18. The second kappa shape index (κ2) is 8.43. The number of carboxylic acid groups (broad SMARTS) is 1. The van der Waals surface area contributed by atoms with E-state index < -0.39 is 17.9 Å². The second-order valence-corrected chi connectivity index (χ2v) is 6.41. The first-order chi connectivity index (χ1) is 11.8. The topological polar surface area (TPSA) is 75.6 Å². The van der Waals surface area contributed by atoms with Crippen molar-refractivity contribution in [1.29, 1.82) is 0 Å². The summed E-state index contributed by atoms with van der Waals surface area (Å²) in [6, 6.07) is 8.45. The maximum absolute atomic E-state index is 12.4. The van der Waals surface area contributed by atoms with Gasteiger partial charge in [0.25, 0.3) is 5.91 Å². The number of carboxylic acids is 1. The van der Waals surface area contributed by atoms with Crippen molar-refractivity contribution in [2.24, 2.45) is 0 Å². The highest BCUT2D eigenvalue weighted by atomic mass is 35.5. The molecule has 0 aliphatic rings. The van der Waals surface area contributed by atoms with E-state index in [1.54, 1.807) is 24.3 Å². The van der Waals surface area contributed by atoms with Crippen LogP contribution < -0.4 is 10.1 Å². The Morgan fingerprint density at radius 1 is 1.12 bits per heavy atom. The van der Waals surface area contributed by atoms with Crippen molar-refractivity contribution in [3.05, 3.63) is 62.6 Å². The lowest BCUT2D eigenvalue weighted by atomic mass is 10.1. The summed E-state index contributed by atoms with van der Waals surface area (Å²) in [7, 11) is 1.54. The lowest BCUT2D eigenvalue weighted by Crippen LogP contribution is -2.42.